The van der Waals surface area contributed by atoms with Crippen molar-refractivity contribution in [1.29, 1.82) is 0 Å². The van der Waals surface area contributed by atoms with E-state index >= 15 is 0 Å². The molecule has 1 saturated carbocycles. The lowest BCUT2D eigenvalue weighted by atomic mass is 9.86. The van der Waals surface area contributed by atoms with E-state index in [-0.39, 0.29) is 11.8 Å². The molecule has 1 aliphatic rings. The Morgan fingerprint density at radius 1 is 1.36 bits per heavy atom. The van der Waals surface area contributed by atoms with Crippen molar-refractivity contribution in [2.75, 3.05) is 11.1 Å². The molecule has 0 spiro atoms. The van der Waals surface area contributed by atoms with Gasteiger partial charge in [-0.15, -0.1) is 23.1 Å². The molecular formula is C15H23N3O2S2. The third kappa shape index (κ3) is 6.36. The van der Waals surface area contributed by atoms with E-state index in [4.69, 9.17) is 5.73 Å². The zero-order chi connectivity index (χ0) is 15.8. The Morgan fingerprint density at radius 3 is 2.86 bits per heavy atom. The van der Waals surface area contributed by atoms with Crippen LogP contribution in [0.15, 0.2) is 5.38 Å². The maximum atomic E-state index is 12.0. The van der Waals surface area contributed by atoms with E-state index in [1.54, 1.807) is 0 Å². The van der Waals surface area contributed by atoms with Crippen molar-refractivity contribution in [1.82, 2.24) is 4.98 Å². The summed E-state index contributed by atoms with van der Waals surface area (Å²) in [6.07, 6.45) is 8.07. The Bertz CT molecular complexity index is 499. The summed E-state index contributed by atoms with van der Waals surface area (Å²) in [6.45, 7) is 0. The molecular weight excluding hydrogens is 318 g/mol. The van der Waals surface area contributed by atoms with Crippen molar-refractivity contribution in [3.63, 3.8) is 0 Å². The Labute approximate surface area is 139 Å². The second-order valence-corrected chi connectivity index (χ2v) is 7.54. The van der Waals surface area contributed by atoms with E-state index in [2.05, 4.69) is 10.3 Å². The molecule has 0 saturated heterocycles. The van der Waals surface area contributed by atoms with Gasteiger partial charge in [0.05, 0.1) is 11.4 Å². The average molecular weight is 342 g/mol. The Morgan fingerprint density at radius 2 is 2.14 bits per heavy atom. The molecule has 122 valence electrons. The van der Waals surface area contributed by atoms with Gasteiger partial charge in [-0.2, -0.15) is 0 Å². The lowest BCUT2D eigenvalue weighted by Gasteiger charge is -2.20. The fourth-order valence-electron chi connectivity index (χ4n) is 2.68. The van der Waals surface area contributed by atoms with Gasteiger partial charge >= 0.3 is 0 Å². The topological polar surface area (TPSA) is 85.1 Å². The molecule has 5 nitrogen and oxygen atoms in total. The average Bonchev–Trinajstić information content (AvgIpc) is 2.93. The van der Waals surface area contributed by atoms with E-state index in [9.17, 15) is 9.59 Å². The number of amides is 2. The lowest BCUT2D eigenvalue weighted by molar-refractivity contribution is -0.117. The van der Waals surface area contributed by atoms with Gasteiger partial charge < -0.3 is 11.1 Å². The molecule has 1 aliphatic carbocycles. The SMILES string of the molecule is NC(=O)CSCc1csc(NC(=O)CCC2CCCCC2)n1. The summed E-state index contributed by atoms with van der Waals surface area (Å²) in [5, 5.41) is 5.42. The van der Waals surface area contributed by atoms with E-state index < -0.39 is 0 Å². The van der Waals surface area contributed by atoms with Gasteiger partial charge in [0.2, 0.25) is 11.8 Å². The number of nitrogens with one attached hydrogen (secondary N) is 1. The summed E-state index contributed by atoms with van der Waals surface area (Å²) < 4.78 is 0. The molecule has 0 unspecified atom stereocenters. The third-order valence-electron chi connectivity index (χ3n) is 3.80. The molecule has 0 aliphatic heterocycles. The van der Waals surface area contributed by atoms with Crippen LogP contribution in [0.25, 0.3) is 0 Å². The van der Waals surface area contributed by atoms with Gasteiger partial charge in [-0.05, 0) is 12.3 Å². The number of carbonyl (C=O) groups excluding carboxylic acids is 2. The van der Waals surface area contributed by atoms with Crippen molar-refractivity contribution >= 4 is 40.0 Å². The summed E-state index contributed by atoms with van der Waals surface area (Å²) in [6, 6.07) is 0. The number of rotatable bonds is 8. The van der Waals surface area contributed by atoms with E-state index in [1.807, 2.05) is 5.38 Å². The molecule has 7 heteroatoms. The first-order valence-electron chi connectivity index (χ1n) is 7.74. The van der Waals surface area contributed by atoms with Gasteiger partial charge in [0.25, 0.3) is 0 Å². The quantitative estimate of drug-likeness (QED) is 0.760. The third-order valence-corrected chi connectivity index (χ3v) is 5.59. The predicted octanol–water partition coefficient (Wildman–Crippen LogP) is 3.16. The Kier molecular flexibility index (Phi) is 7.18. The fourth-order valence-corrected chi connectivity index (χ4v) is 4.17. The van der Waals surface area contributed by atoms with Gasteiger partial charge in [-0.3, -0.25) is 9.59 Å². The van der Waals surface area contributed by atoms with E-state index in [1.165, 1.54) is 55.2 Å². The van der Waals surface area contributed by atoms with Crippen LogP contribution >= 0.6 is 23.1 Å². The van der Waals surface area contributed by atoms with Crippen LogP contribution in [0.2, 0.25) is 0 Å². The maximum absolute atomic E-state index is 12.0. The van der Waals surface area contributed by atoms with Gasteiger partial charge in [0.1, 0.15) is 0 Å². The summed E-state index contributed by atoms with van der Waals surface area (Å²) in [4.78, 5) is 27.0. The normalized spacial score (nSPS) is 15.6. The van der Waals surface area contributed by atoms with Crippen LogP contribution in [0.1, 0.15) is 50.6 Å². The largest absolute Gasteiger partial charge is 0.369 e. The van der Waals surface area contributed by atoms with Crippen LogP contribution in [-0.2, 0) is 15.3 Å². The van der Waals surface area contributed by atoms with Crippen molar-refractivity contribution in [2.45, 2.75) is 50.7 Å². The van der Waals surface area contributed by atoms with Gasteiger partial charge in [0.15, 0.2) is 5.13 Å². The number of hydrogen-bond acceptors (Lipinski definition) is 5. The standard InChI is InChI=1S/C15H23N3O2S2/c16-13(19)10-21-8-12-9-22-15(17-12)18-14(20)7-6-11-4-2-1-3-5-11/h9,11H,1-8,10H2,(H2,16,19)(H,17,18,20). The molecule has 0 atom stereocenters. The monoisotopic (exact) mass is 341 g/mol. The van der Waals surface area contributed by atoms with Crippen LogP contribution in [0.5, 0.6) is 0 Å². The van der Waals surface area contributed by atoms with Crippen molar-refractivity contribution in [2.24, 2.45) is 11.7 Å². The molecule has 0 radical (unpaired) electrons. The summed E-state index contributed by atoms with van der Waals surface area (Å²) >= 11 is 2.86. The zero-order valence-electron chi connectivity index (χ0n) is 12.7. The van der Waals surface area contributed by atoms with Crippen molar-refractivity contribution in [3.8, 4) is 0 Å². The van der Waals surface area contributed by atoms with Crippen molar-refractivity contribution < 1.29 is 9.59 Å². The minimum Gasteiger partial charge on any atom is -0.369 e. The molecule has 0 bridgehead atoms. The summed E-state index contributed by atoms with van der Waals surface area (Å²) in [7, 11) is 0. The number of nitrogens with zero attached hydrogens (tertiary/aromatic N) is 1. The van der Waals surface area contributed by atoms with Crippen LogP contribution in [0, 0.1) is 5.92 Å². The summed E-state index contributed by atoms with van der Waals surface area (Å²) in [5.41, 5.74) is 5.96. The van der Waals surface area contributed by atoms with Gasteiger partial charge in [-0.25, -0.2) is 4.98 Å². The first kappa shape index (κ1) is 17.3. The number of thiazole rings is 1. The Hall–Kier alpha value is -1.08. The smallest absolute Gasteiger partial charge is 0.227 e. The highest BCUT2D eigenvalue weighted by Crippen LogP contribution is 2.27. The fraction of sp³-hybridized carbons (Fsp3) is 0.667. The number of aromatic nitrogens is 1. The molecule has 2 rings (SSSR count). The van der Waals surface area contributed by atoms with Crippen molar-refractivity contribution in [3.05, 3.63) is 11.1 Å². The number of nitrogens with two attached hydrogens (primary N) is 1. The molecule has 1 aromatic rings. The number of thioether (sulfide) groups is 1. The second kappa shape index (κ2) is 9.15. The second-order valence-electron chi connectivity index (χ2n) is 5.69. The minimum atomic E-state index is -0.323. The van der Waals surface area contributed by atoms with Gasteiger partial charge in [0, 0.05) is 17.6 Å². The van der Waals surface area contributed by atoms with Gasteiger partial charge in [-0.1, -0.05) is 32.1 Å². The number of anilines is 1. The molecule has 2 amide bonds. The van der Waals surface area contributed by atoms with Crippen LogP contribution in [0.3, 0.4) is 0 Å². The Balaban J connectivity index is 1.67. The minimum absolute atomic E-state index is 0.0521. The lowest BCUT2D eigenvalue weighted by Crippen LogP contribution is -2.14. The van der Waals surface area contributed by atoms with E-state index in [0.29, 0.717) is 23.1 Å². The number of hydrogen-bond donors (Lipinski definition) is 2. The zero-order valence-corrected chi connectivity index (χ0v) is 14.3. The highest BCUT2D eigenvalue weighted by molar-refractivity contribution is 7.99. The molecule has 1 aromatic heterocycles. The molecule has 1 heterocycles. The number of primary amides is 1. The summed E-state index contributed by atoms with van der Waals surface area (Å²) in [5.74, 6) is 1.38. The highest BCUT2D eigenvalue weighted by atomic mass is 32.2. The van der Waals surface area contributed by atoms with E-state index in [0.717, 1.165) is 18.0 Å². The highest BCUT2D eigenvalue weighted by Gasteiger charge is 2.15. The number of carbonyl (C=O) groups is 2. The molecule has 1 fully saturated rings. The molecule has 3 N–H and O–H groups in total. The molecule has 0 aromatic carbocycles. The van der Waals surface area contributed by atoms with Crippen LogP contribution < -0.4 is 11.1 Å². The van der Waals surface area contributed by atoms with Crippen LogP contribution in [-0.4, -0.2) is 22.6 Å². The van der Waals surface area contributed by atoms with Crippen LogP contribution in [0.4, 0.5) is 5.13 Å². The predicted molar refractivity (Wildman–Crippen MR) is 91.9 cm³/mol. The molecule has 22 heavy (non-hydrogen) atoms. The first-order chi connectivity index (χ1) is 10.6. The first-order valence-corrected chi connectivity index (χ1v) is 9.77. The maximum Gasteiger partial charge on any atom is 0.227 e.